The predicted octanol–water partition coefficient (Wildman–Crippen LogP) is -0.394. The van der Waals surface area contributed by atoms with Gasteiger partial charge in [0.25, 0.3) is 0 Å². The highest BCUT2D eigenvalue weighted by molar-refractivity contribution is 7.66. The molecule has 0 aromatic carbocycles. The van der Waals surface area contributed by atoms with E-state index in [1.165, 1.54) is 17.2 Å². The highest BCUT2D eigenvalue weighted by Gasteiger charge is 2.55. The van der Waals surface area contributed by atoms with Gasteiger partial charge in [0, 0.05) is 0 Å². The van der Waals surface area contributed by atoms with Crippen molar-refractivity contribution in [3.8, 4) is 0 Å². The van der Waals surface area contributed by atoms with Crippen LogP contribution in [0, 0.1) is 5.92 Å². The minimum Gasteiger partial charge on any atom is -0.390 e. The molecular formula is C16H30N7O12P3. The summed E-state index contributed by atoms with van der Waals surface area (Å²) in [4.78, 5) is 48.5. The van der Waals surface area contributed by atoms with Crippen LogP contribution in [0.1, 0.15) is 32.1 Å². The second-order valence-corrected chi connectivity index (χ2v) is 12.8. The number of nitrogen functional groups attached to an aromatic ring is 1. The van der Waals surface area contributed by atoms with Crippen LogP contribution in [0.25, 0.3) is 11.2 Å². The maximum absolute atomic E-state index is 12.2. The van der Waals surface area contributed by atoms with Gasteiger partial charge in [0.05, 0.1) is 18.6 Å². The molecule has 22 heteroatoms. The van der Waals surface area contributed by atoms with E-state index in [1.807, 2.05) is 0 Å². The number of phosphoric ester groups is 1. The molecule has 0 spiro atoms. The number of hydrogen-bond donors (Lipinski definition) is 8. The van der Waals surface area contributed by atoms with E-state index in [2.05, 4.69) is 28.1 Å². The van der Waals surface area contributed by atoms with Gasteiger partial charge in [0.2, 0.25) is 5.85 Å². The lowest BCUT2D eigenvalue weighted by molar-refractivity contribution is -0.124. The molecule has 1 saturated heterocycles. The summed E-state index contributed by atoms with van der Waals surface area (Å²) in [6.07, 6.45) is 3.04. The fourth-order valence-corrected chi connectivity index (χ4v) is 7.12. The summed E-state index contributed by atoms with van der Waals surface area (Å²) in [6.45, 7) is -0.363. The molecule has 1 aliphatic rings. The molecule has 1 fully saturated rings. The van der Waals surface area contributed by atoms with Gasteiger partial charge in [0.1, 0.15) is 24.3 Å². The third-order valence-corrected chi connectivity index (χ3v) is 9.49. The van der Waals surface area contributed by atoms with Crippen LogP contribution in [-0.4, -0.2) is 69.6 Å². The van der Waals surface area contributed by atoms with Crippen LogP contribution in [0.3, 0.4) is 0 Å². The first kappa shape index (κ1) is 31.1. The normalized spacial score (nSPS) is 27.4. The van der Waals surface area contributed by atoms with Crippen LogP contribution in [-0.2, 0) is 37.4 Å². The highest BCUT2D eigenvalue weighted by Crippen LogP contribution is 2.66. The fourth-order valence-electron chi connectivity index (χ4n) is 4.09. The van der Waals surface area contributed by atoms with E-state index in [9.17, 15) is 28.6 Å². The summed E-state index contributed by atoms with van der Waals surface area (Å²) < 4.78 is 53.8. The maximum Gasteiger partial charge on any atom is 0.490 e. The molecule has 2 unspecified atom stereocenters. The van der Waals surface area contributed by atoms with E-state index in [1.54, 1.807) is 0 Å². The summed E-state index contributed by atoms with van der Waals surface area (Å²) >= 11 is 0. The van der Waals surface area contributed by atoms with E-state index in [4.69, 9.17) is 31.7 Å². The molecule has 3 rings (SSSR count). The largest absolute Gasteiger partial charge is 0.490 e. The Bertz CT molecular complexity index is 1260. The van der Waals surface area contributed by atoms with Crippen molar-refractivity contribution < 1.29 is 56.3 Å². The number of hydrogen-bond acceptors (Lipinski definition) is 14. The van der Waals surface area contributed by atoms with Crippen molar-refractivity contribution >= 4 is 40.4 Å². The van der Waals surface area contributed by atoms with Gasteiger partial charge in [-0.2, -0.15) is 8.62 Å². The molecule has 0 bridgehead atoms. The Morgan fingerprint density at radius 2 is 1.71 bits per heavy atom. The number of phosphoric acid groups is 3. The van der Waals surface area contributed by atoms with E-state index in [0.717, 1.165) is 19.3 Å². The summed E-state index contributed by atoms with van der Waals surface area (Å²) in [5, 5.41) is 11.1. The third kappa shape index (κ3) is 7.62. The molecule has 1 aliphatic heterocycles. The molecule has 2 aromatic rings. The molecule has 3 heterocycles. The first-order chi connectivity index (χ1) is 17.6. The maximum atomic E-state index is 12.2. The summed E-state index contributed by atoms with van der Waals surface area (Å²) in [7, 11) is -16.7. The lowest BCUT2D eigenvalue weighted by Gasteiger charge is -2.32. The number of ether oxygens (including phenoxy) is 1. The van der Waals surface area contributed by atoms with Crippen molar-refractivity contribution in [2.45, 2.75) is 50.2 Å². The Labute approximate surface area is 215 Å². The molecule has 2 aromatic heterocycles. The molecule has 0 saturated carbocycles. The minimum atomic E-state index is -5.72. The Kier molecular flexibility index (Phi) is 9.83. The molecule has 0 amide bonds. The zero-order valence-corrected chi connectivity index (χ0v) is 22.5. The SMILES string of the molecule is NCCCCCC[C@@H]1[C@H](O)[C@@H](COP(=O)(O)OP(=O)(O)OP(=O)(O)O)O[C@@]1(N)n1cnc2c(N)ncnc21. The minimum absolute atomic E-state index is 0.0680. The second kappa shape index (κ2) is 12.0. The first-order valence-corrected chi connectivity index (χ1v) is 15.7. The van der Waals surface area contributed by atoms with Gasteiger partial charge >= 0.3 is 23.5 Å². The Morgan fingerprint density at radius 1 is 1.03 bits per heavy atom. The van der Waals surface area contributed by atoms with Crippen molar-refractivity contribution in [1.29, 1.82) is 0 Å². The van der Waals surface area contributed by atoms with Crippen molar-refractivity contribution in [3.63, 3.8) is 0 Å². The van der Waals surface area contributed by atoms with Gasteiger partial charge < -0.3 is 40.9 Å². The molecule has 6 atom stereocenters. The highest BCUT2D eigenvalue weighted by atomic mass is 31.3. The van der Waals surface area contributed by atoms with Gasteiger partial charge in [-0.25, -0.2) is 28.6 Å². The van der Waals surface area contributed by atoms with Crippen LogP contribution in [0.2, 0.25) is 0 Å². The monoisotopic (exact) mass is 605 g/mol. The van der Waals surface area contributed by atoms with Crippen molar-refractivity contribution in [2.75, 3.05) is 18.9 Å². The third-order valence-electron chi connectivity index (χ3n) is 5.69. The van der Waals surface area contributed by atoms with Gasteiger partial charge in [0.15, 0.2) is 11.5 Å². The Morgan fingerprint density at radius 3 is 2.37 bits per heavy atom. The molecule has 11 N–H and O–H groups in total. The molecule has 19 nitrogen and oxygen atoms in total. The molecule has 0 radical (unpaired) electrons. The number of aliphatic hydroxyl groups excluding tert-OH is 1. The zero-order chi connectivity index (χ0) is 28.4. The van der Waals surface area contributed by atoms with Gasteiger partial charge in [-0.3, -0.25) is 14.8 Å². The number of nitrogens with zero attached hydrogens (tertiary/aromatic N) is 4. The number of imidazole rings is 1. The number of rotatable bonds is 14. The van der Waals surface area contributed by atoms with Gasteiger partial charge in [-0.15, -0.1) is 0 Å². The van der Waals surface area contributed by atoms with E-state index >= 15 is 0 Å². The van der Waals surface area contributed by atoms with E-state index < -0.39 is 54.0 Å². The quantitative estimate of drug-likeness (QED) is 0.100. The van der Waals surface area contributed by atoms with Crippen LogP contribution in [0.4, 0.5) is 5.82 Å². The van der Waals surface area contributed by atoms with Crippen LogP contribution in [0.5, 0.6) is 0 Å². The molecule has 216 valence electrons. The average molecular weight is 605 g/mol. The topological polar surface area (TPSA) is 311 Å². The molecule has 0 aliphatic carbocycles. The number of nitrogens with two attached hydrogens (primary N) is 3. The number of aromatic nitrogens is 4. The molecular weight excluding hydrogens is 575 g/mol. The van der Waals surface area contributed by atoms with Crippen molar-refractivity contribution in [2.24, 2.45) is 17.4 Å². The predicted molar refractivity (Wildman–Crippen MR) is 128 cm³/mol. The van der Waals surface area contributed by atoms with E-state index in [0.29, 0.717) is 19.4 Å². The number of fused-ring (bicyclic) bond motifs is 1. The van der Waals surface area contributed by atoms with Crippen LogP contribution < -0.4 is 17.2 Å². The standard InChI is InChI=1S/C16H30N7O12P3/c17-6-4-2-1-3-5-10-13(24)11(7-32-37(28,29)35-38(30,31)34-36(25,26)27)33-16(10,19)23-9-22-12-14(18)20-8-21-15(12)23/h8-11,13,24H,1-7,17,19H2,(H,28,29)(H,30,31)(H2,18,20,21)(H2,25,26,27)/t10-,11-,13+,16+/m1/s1. The second-order valence-electron chi connectivity index (χ2n) is 8.43. The molecule has 38 heavy (non-hydrogen) atoms. The summed E-state index contributed by atoms with van der Waals surface area (Å²) in [6, 6.07) is 0. The Balaban J connectivity index is 1.81. The average Bonchev–Trinajstić information content (AvgIpc) is 3.31. The number of unbranched alkanes of at least 4 members (excludes halogenated alkanes) is 3. The van der Waals surface area contributed by atoms with Crippen molar-refractivity contribution in [3.05, 3.63) is 12.7 Å². The van der Waals surface area contributed by atoms with Gasteiger partial charge in [-0.05, 0) is 19.4 Å². The lowest BCUT2D eigenvalue weighted by Crippen LogP contribution is -2.49. The number of aliphatic hydroxyl groups is 1. The summed E-state index contributed by atoms with van der Waals surface area (Å²) in [5.41, 5.74) is 18.4. The summed E-state index contributed by atoms with van der Waals surface area (Å²) in [5.74, 6) is -2.56. The van der Waals surface area contributed by atoms with Crippen LogP contribution in [0.15, 0.2) is 12.7 Å². The lowest BCUT2D eigenvalue weighted by atomic mass is 9.90. The van der Waals surface area contributed by atoms with Gasteiger partial charge in [-0.1, -0.05) is 19.3 Å². The Hall–Kier alpha value is -1.40. The first-order valence-electron chi connectivity index (χ1n) is 11.2. The zero-order valence-electron chi connectivity index (χ0n) is 19.8. The fraction of sp³-hybridized carbons (Fsp3) is 0.688. The van der Waals surface area contributed by atoms with Crippen molar-refractivity contribution in [1.82, 2.24) is 19.5 Å². The number of anilines is 1. The smallest absolute Gasteiger partial charge is 0.390 e. The van der Waals surface area contributed by atoms with Crippen LogP contribution >= 0.6 is 23.5 Å². The van der Waals surface area contributed by atoms with E-state index in [-0.39, 0.29) is 17.0 Å².